The van der Waals surface area contributed by atoms with Crippen molar-refractivity contribution in [3.63, 3.8) is 0 Å². The Bertz CT molecular complexity index is 851. The first-order chi connectivity index (χ1) is 10.3. The Kier molecular flexibility index (Phi) is 3.60. The molecule has 0 amide bonds. The highest BCUT2D eigenvalue weighted by Crippen LogP contribution is 2.08. The molecule has 0 aliphatic heterocycles. The van der Waals surface area contributed by atoms with Gasteiger partial charge in [-0.15, -0.1) is 0 Å². The highest BCUT2D eigenvalue weighted by molar-refractivity contribution is 5.80. The fourth-order valence-corrected chi connectivity index (χ4v) is 2.18. The molecular formula is C17H15N3O. The first kappa shape index (κ1) is 13.2. The van der Waals surface area contributed by atoms with Crippen LogP contribution < -0.4 is 5.56 Å². The van der Waals surface area contributed by atoms with Crippen molar-refractivity contribution >= 4 is 17.1 Å². The molecule has 0 aliphatic rings. The number of aromatic nitrogens is 2. The van der Waals surface area contributed by atoms with E-state index in [4.69, 9.17) is 0 Å². The van der Waals surface area contributed by atoms with Gasteiger partial charge in [0, 0.05) is 6.42 Å². The zero-order valence-corrected chi connectivity index (χ0v) is 11.7. The zero-order chi connectivity index (χ0) is 14.7. The Labute approximate surface area is 122 Å². The van der Waals surface area contributed by atoms with Crippen LogP contribution in [-0.4, -0.2) is 15.9 Å². The molecule has 0 aliphatic carbocycles. The van der Waals surface area contributed by atoms with E-state index in [0.717, 1.165) is 5.56 Å². The maximum Gasteiger partial charge on any atom is 0.282 e. The first-order valence-corrected chi connectivity index (χ1v) is 6.89. The molecule has 0 N–H and O–H groups in total. The van der Waals surface area contributed by atoms with Gasteiger partial charge in [0.15, 0.2) is 0 Å². The van der Waals surface area contributed by atoms with Crippen LogP contribution in [0.25, 0.3) is 10.9 Å². The van der Waals surface area contributed by atoms with Crippen molar-refractivity contribution in [2.75, 3.05) is 0 Å². The summed E-state index contributed by atoms with van der Waals surface area (Å²) in [5.74, 6) is 0.658. The smallest absolute Gasteiger partial charge is 0.267 e. The molecular weight excluding hydrogens is 262 g/mol. The average Bonchev–Trinajstić information content (AvgIpc) is 2.55. The van der Waals surface area contributed by atoms with Crippen molar-refractivity contribution in [1.82, 2.24) is 9.66 Å². The topological polar surface area (TPSA) is 47.2 Å². The van der Waals surface area contributed by atoms with Gasteiger partial charge in [-0.05, 0) is 17.7 Å². The molecule has 0 radical (unpaired) electrons. The van der Waals surface area contributed by atoms with Gasteiger partial charge in [0.25, 0.3) is 5.56 Å². The third-order valence-electron chi connectivity index (χ3n) is 3.26. The lowest BCUT2D eigenvalue weighted by Crippen LogP contribution is -2.22. The molecule has 2 aromatic carbocycles. The fraction of sp³-hybridized carbons (Fsp3) is 0.118. The summed E-state index contributed by atoms with van der Waals surface area (Å²) in [6.45, 7) is 1.96. The summed E-state index contributed by atoms with van der Waals surface area (Å²) in [5, 5.41) is 4.90. The summed E-state index contributed by atoms with van der Waals surface area (Å²) in [6, 6.07) is 17.0. The van der Waals surface area contributed by atoms with E-state index >= 15 is 0 Å². The molecule has 3 aromatic rings. The van der Waals surface area contributed by atoms with Gasteiger partial charge in [-0.1, -0.05) is 49.4 Å². The summed E-state index contributed by atoms with van der Waals surface area (Å²) in [5.41, 5.74) is 1.52. The third-order valence-corrected chi connectivity index (χ3v) is 3.26. The van der Waals surface area contributed by atoms with Crippen LogP contribution in [0.15, 0.2) is 64.5 Å². The van der Waals surface area contributed by atoms with Gasteiger partial charge < -0.3 is 0 Å². The van der Waals surface area contributed by atoms with Gasteiger partial charge in [-0.3, -0.25) is 4.79 Å². The van der Waals surface area contributed by atoms with Gasteiger partial charge in [0.1, 0.15) is 5.82 Å². The molecule has 0 saturated heterocycles. The highest BCUT2D eigenvalue weighted by atomic mass is 16.1. The predicted octanol–water partition coefficient (Wildman–Crippen LogP) is 2.84. The van der Waals surface area contributed by atoms with Crippen LogP contribution in [0.4, 0.5) is 0 Å². The quantitative estimate of drug-likeness (QED) is 0.691. The molecule has 0 atom stereocenters. The maximum atomic E-state index is 12.5. The van der Waals surface area contributed by atoms with E-state index in [9.17, 15) is 4.79 Å². The Morgan fingerprint density at radius 3 is 2.57 bits per heavy atom. The Hall–Kier alpha value is -2.75. The molecule has 0 spiro atoms. The van der Waals surface area contributed by atoms with Crippen molar-refractivity contribution in [3.8, 4) is 0 Å². The van der Waals surface area contributed by atoms with E-state index in [0.29, 0.717) is 23.1 Å². The number of fused-ring (bicyclic) bond motifs is 1. The van der Waals surface area contributed by atoms with Crippen LogP contribution in [-0.2, 0) is 6.42 Å². The van der Waals surface area contributed by atoms with Crippen LogP contribution in [0, 0.1) is 0 Å². The zero-order valence-electron chi connectivity index (χ0n) is 11.7. The molecule has 0 saturated carbocycles. The van der Waals surface area contributed by atoms with Crippen LogP contribution >= 0.6 is 0 Å². The second-order valence-electron chi connectivity index (χ2n) is 4.67. The second-order valence-corrected chi connectivity index (χ2v) is 4.67. The Morgan fingerprint density at radius 2 is 1.81 bits per heavy atom. The monoisotopic (exact) mass is 277 g/mol. The minimum atomic E-state index is -0.135. The minimum absolute atomic E-state index is 0.135. The number of hydrogen-bond donors (Lipinski definition) is 0. The lowest BCUT2D eigenvalue weighted by molar-refractivity contribution is 0.735. The number of hydrogen-bond acceptors (Lipinski definition) is 3. The average molecular weight is 277 g/mol. The fourth-order valence-electron chi connectivity index (χ4n) is 2.18. The van der Waals surface area contributed by atoms with E-state index in [2.05, 4.69) is 10.1 Å². The van der Waals surface area contributed by atoms with E-state index < -0.39 is 0 Å². The van der Waals surface area contributed by atoms with Gasteiger partial charge in [-0.2, -0.15) is 9.78 Å². The van der Waals surface area contributed by atoms with E-state index in [-0.39, 0.29) is 5.56 Å². The molecule has 4 nitrogen and oxygen atoms in total. The number of nitrogens with zero attached hydrogens (tertiary/aromatic N) is 3. The molecule has 0 fully saturated rings. The number of rotatable bonds is 3. The number of aryl methyl sites for hydroxylation is 1. The summed E-state index contributed by atoms with van der Waals surface area (Å²) in [7, 11) is 0. The van der Waals surface area contributed by atoms with Crippen LogP contribution in [0.2, 0.25) is 0 Å². The van der Waals surface area contributed by atoms with Gasteiger partial charge in [0.2, 0.25) is 0 Å². The summed E-state index contributed by atoms with van der Waals surface area (Å²) >= 11 is 0. The molecule has 3 rings (SSSR count). The molecule has 1 heterocycles. The molecule has 21 heavy (non-hydrogen) atoms. The Morgan fingerprint density at radius 1 is 1.10 bits per heavy atom. The Balaban J connectivity index is 2.15. The van der Waals surface area contributed by atoms with Gasteiger partial charge in [0.05, 0.1) is 17.1 Å². The maximum absolute atomic E-state index is 12.5. The van der Waals surface area contributed by atoms with Crippen molar-refractivity contribution < 1.29 is 0 Å². The first-order valence-electron chi connectivity index (χ1n) is 6.89. The lowest BCUT2D eigenvalue weighted by Gasteiger charge is -2.07. The van der Waals surface area contributed by atoms with E-state index in [1.165, 1.54) is 4.68 Å². The molecule has 4 heteroatoms. The molecule has 1 aromatic heterocycles. The summed E-state index contributed by atoms with van der Waals surface area (Å²) < 4.78 is 1.38. The molecule has 0 unspecified atom stereocenters. The van der Waals surface area contributed by atoms with Crippen molar-refractivity contribution in [2.24, 2.45) is 5.10 Å². The minimum Gasteiger partial charge on any atom is -0.267 e. The number of para-hydroxylation sites is 1. The van der Waals surface area contributed by atoms with Crippen molar-refractivity contribution in [3.05, 3.63) is 76.3 Å². The highest BCUT2D eigenvalue weighted by Gasteiger charge is 2.08. The predicted molar refractivity (Wildman–Crippen MR) is 84.8 cm³/mol. The molecule has 104 valence electrons. The largest absolute Gasteiger partial charge is 0.282 e. The van der Waals surface area contributed by atoms with E-state index in [1.54, 1.807) is 12.3 Å². The summed E-state index contributed by atoms with van der Waals surface area (Å²) in [4.78, 5) is 17.1. The lowest BCUT2D eigenvalue weighted by atomic mass is 10.2. The number of benzene rings is 2. The van der Waals surface area contributed by atoms with Crippen LogP contribution in [0.5, 0.6) is 0 Å². The van der Waals surface area contributed by atoms with Crippen LogP contribution in [0.1, 0.15) is 18.3 Å². The van der Waals surface area contributed by atoms with Crippen molar-refractivity contribution in [2.45, 2.75) is 13.3 Å². The third kappa shape index (κ3) is 2.60. The molecule has 0 bridgehead atoms. The summed E-state index contributed by atoms with van der Waals surface area (Å²) in [6.07, 6.45) is 2.32. The van der Waals surface area contributed by atoms with Crippen LogP contribution in [0.3, 0.4) is 0 Å². The van der Waals surface area contributed by atoms with E-state index in [1.807, 2.05) is 55.5 Å². The van der Waals surface area contributed by atoms with Crippen molar-refractivity contribution in [1.29, 1.82) is 0 Å². The second kappa shape index (κ2) is 5.71. The standard InChI is InChI=1S/C17H15N3O/c1-2-16-19-15-11-7-6-10-14(15)17(21)20(16)18-12-13-8-4-3-5-9-13/h3-12H,2H2,1H3/b18-12-. The normalized spacial score (nSPS) is 11.3. The van der Waals surface area contributed by atoms with Gasteiger partial charge in [-0.25, -0.2) is 4.98 Å². The SMILES string of the molecule is CCc1nc2ccccc2c(=O)n1/N=C\c1ccccc1. The van der Waals surface area contributed by atoms with Gasteiger partial charge >= 0.3 is 0 Å².